The molecule has 3 aromatic heterocycles. The number of aromatic nitrogens is 3. The Morgan fingerprint density at radius 2 is 1.95 bits per heavy atom. The molecule has 0 saturated carbocycles. The van der Waals surface area contributed by atoms with Crippen molar-refractivity contribution in [3.63, 3.8) is 0 Å². The summed E-state index contributed by atoms with van der Waals surface area (Å²) >= 11 is 2.26. The van der Waals surface area contributed by atoms with Crippen molar-refractivity contribution in [2.75, 3.05) is 7.11 Å². The molecule has 3 rings (SSSR count). The first-order valence-electron chi connectivity index (χ1n) is 5.97. The zero-order chi connectivity index (χ0) is 15.7. The highest BCUT2D eigenvalue weighted by Crippen LogP contribution is 2.34. The first-order valence-corrected chi connectivity index (χ1v) is 7.67. The topological polar surface area (TPSA) is 47.9 Å². The Morgan fingerprint density at radius 1 is 1.14 bits per heavy atom. The van der Waals surface area contributed by atoms with Gasteiger partial charge in [-0.15, -0.1) is 11.3 Å². The minimum atomic E-state index is -4.46. The second kappa shape index (κ2) is 5.65. The molecule has 0 spiro atoms. The number of hydrogen-bond donors (Lipinski definition) is 0. The van der Waals surface area contributed by atoms with Crippen molar-refractivity contribution in [2.24, 2.45) is 0 Å². The number of thiazole rings is 1. The molecule has 0 amide bonds. The van der Waals surface area contributed by atoms with Crippen molar-refractivity contribution in [2.45, 2.75) is 6.18 Å². The van der Waals surface area contributed by atoms with Gasteiger partial charge in [-0.25, -0.2) is 15.0 Å². The van der Waals surface area contributed by atoms with Crippen molar-refractivity contribution < 1.29 is 17.9 Å². The normalized spacial score (nSPS) is 11.6. The molecule has 0 aliphatic rings. The Bertz CT molecular complexity index is 798. The third-order valence-corrected chi connectivity index (χ3v) is 4.58. The Balaban J connectivity index is 1.95. The van der Waals surface area contributed by atoms with Gasteiger partial charge in [-0.3, -0.25) is 0 Å². The maximum absolute atomic E-state index is 12.6. The van der Waals surface area contributed by atoms with Gasteiger partial charge in [-0.05, 0) is 18.2 Å². The van der Waals surface area contributed by atoms with Crippen molar-refractivity contribution in [1.29, 1.82) is 0 Å². The van der Waals surface area contributed by atoms with Crippen molar-refractivity contribution in [1.82, 2.24) is 15.0 Å². The summed E-state index contributed by atoms with van der Waals surface area (Å²) in [4.78, 5) is 12.7. The van der Waals surface area contributed by atoms with Gasteiger partial charge in [-0.2, -0.15) is 13.2 Å². The highest BCUT2D eigenvalue weighted by Gasteiger charge is 2.34. The Labute approximate surface area is 131 Å². The Hall–Kier alpha value is -2.00. The molecule has 0 atom stereocenters. The van der Waals surface area contributed by atoms with Gasteiger partial charge >= 0.3 is 6.18 Å². The number of rotatable bonds is 3. The monoisotopic (exact) mass is 343 g/mol. The molecule has 0 aliphatic carbocycles. The largest absolute Gasteiger partial charge is 0.487 e. The van der Waals surface area contributed by atoms with Gasteiger partial charge in [0, 0.05) is 11.6 Å². The minimum Gasteiger partial charge on any atom is -0.487 e. The standard InChI is InChI=1S/C13H8F3N3OS2/c1-20-10-3-2-8(22-10)7-4-5-17-11(18-7)12-19-9(6-21-12)13(14,15)16/h2-6H,1H3. The fourth-order valence-corrected chi connectivity index (χ4v) is 3.23. The van der Waals surface area contributed by atoms with E-state index in [1.165, 1.54) is 17.5 Å². The van der Waals surface area contributed by atoms with Crippen molar-refractivity contribution in [3.8, 4) is 26.5 Å². The molecular formula is C13H8F3N3OS2. The molecule has 3 aromatic rings. The molecule has 3 heterocycles. The summed E-state index contributed by atoms with van der Waals surface area (Å²) in [7, 11) is 1.56. The van der Waals surface area contributed by atoms with Crippen LogP contribution in [0.4, 0.5) is 13.2 Å². The van der Waals surface area contributed by atoms with Crippen LogP contribution in [0.1, 0.15) is 5.69 Å². The Morgan fingerprint density at radius 3 is 2.59 bits per heavy atom. The molecule has 0 saturated heterocycles. The van der Waals surface area contributed by atoms with Gasteiger partial charge in [0.15, 0.2) is 21.6 Å². The maximum Gasteiger partial charge on any atom is 0.434 e. The van der Waals surface area contributed by atoms with E-state index in [0.717, 1.165) is 26.7 Å². The molecular weight excluding hydrogens is 335 g/mol. The minimum absolute atomic E-state index is 0.137. The number of thiophene rings is 1. The summed E-state index contributed by atoms with van der Waals surface area (Å²) in [6, 6.07) is 5.32. The molecule has 0 unspecified atom stereocenters. The predicted octanol–water partition coefficient (Wildman–Crippen LogP) is 4.36. The summed E-state index contributed by atoms with van der Waals surface area (Å²) in [5.74, 6) is 0.172. The van der Waals surface area contributed by atoms with Gasteiger partial charge in [0.05, 0.1) is 17.7 Å². The lowest BCUT2D eigenvalue weighted by Crippen LogP contribution is -2.05. The van der Waals surface area contributed by atoms with Crippen LogP contribution in [0, 0.1) is 0 Å². The predicted molar refractivity (Wildman–Crippen MR) is 78.0 cm³/mol. The van der Waals surface area contributed by atoms with Crippen molar-refractivity contribution >= 4 is 22.7 Å². The van der Waals surface area contributed by atoms with Crippen LogP contribution in [-0.2, 0) is 6.18 Å². The molecule has 0 aromatic carbocycles. The fourth-order valence-electron chi connectivity index (χ4n) is 1.67. The van der Waals surface area contributed by atoms with E-state index in [9.17, 15) is 13.2 Å². The molecule has 22 heavy (non-hydrogen) atoms. The van der Waals surface area contributed by atoms with Crippen LogP contribution in [0.5, 0.6) is 5.06 Å². The molecule has 4 nitrogen and oxygen atoms in total. The van der Waals surface area contributed by atoms with E-state index in [0.29, 0.717) is 5.69 Å². The van der Waals surface area contributed by atoms with Crippen LogP contribution in [-0.4, -0.2) is 22.1 Å². The smallest absolute Gasteiger partial charge is 0.434 e. The lowest BCUT2D eigenvalue weighted by atomic mass is 10.3. The lowest BCUT2D eigenvalue weighted by Gasteiger charge is -2.01. The van der Waals surface area contributed by atoms with E-state index in [2.05, 4.69) is 15.0 Å². The first kappa shape index (κ1) is 14.9. The number of hydrogen-bond acceptors (Lipinski definition) is 6. The number of nitrogens with zero attached hydrogens (tertiary/aromatic N) is 3. The van der Waals surface area contributed by atoms with E-state index >= 15 is 0 Å². The van der Waals surface area contributed by atoms with Crippen LogP contribution in [0.25, 0.3) is 21.4 Å². The van der Waals surface area contributed by atoms with Crippen LogP contribution in [0.2, 0.25) is 0 Å². The summed E-state index contributed by atoms with van der Waals surface area (Å²) in [6.45, 7) is 0. The highest BCUT2D eigenvalue weighted by atomic mass is 32.1. The zero-order valence-corrected chi connectivity index (χ0v) is 12.7. The van der Waals surface area contributed by atoms with E-state index in [1.54, 1.807) is 19.2 Å². The third kappa shape index (κ3) is 2.95. The first-order chi connectivity index (χ1) is 10.5. The molecule has 0 fully saturated rings. The third-order valence-electron chi connectivity index (χ3n) is 2.68. The second-order valence-electron chi connectivity index (χ2n) is 4.12. The number of ether oxygens (including phenoxy) is 1. The van der Waals surface area contributed by atoms with Gasteiger partial charge in [-0.1, -0.05) is 11.3 Å². The van der Waals surface area contributed by atoms with Gasteiger partial charge in [0.25, 0.3) is 0 Å². The molecule has 0 N–H and O–H groups in total. The van der Waals surface area contributed by atoms with Crippen LogP contribution < -0.4 is 4.74 Å². The number of halogens is 3. The SMILES string of the molecule is COc1ccc(-c2ccnc(-c3nc(C(F)(F)F)cs3)n2)s1. The van der Waals surface area contributed by atoms with Crippen molar-refractivity contribution in [3.05, 3.63) is 35.5 Å². The second-order valence-corrected chi connectivity index (χ2v) is 6.03. The molecule has 9 heteroatoms. The van der Waals surface area contributed by atoms with E-state index in [4.69, 9.17) is 4.74 Å². The summed E-state index contributed by atoms with van der Waals surface area (Å²) in [6.07, 6.45) is -2.97. The summed E-state index contributed by atoms with van der Waals surface area (Å²) in [5, 5.41) is 1.82. The zero-order valence-electron chi connectivity index (χ0n) is 11.1. The lowest BCUT2D eigenvalue weighted by molar-refractivity contribution is -0.140. The summed E-state index contributed by atoms with van der Waals surface area (Å²) < 4.78 is 42.9. The molecule has 0 radical (unpaired) electrons. The average Bonchev–Trinajstić information content (AvgIpc) is 3.16. The fraction of sp³-hybridized carbons (Fsp3) is 0.154. The van der Waals surface area contributed by atoms with Crippen LogP contribution >= 0.6 is 22.7 Å². The van der Waals surface area contributed by atoms with Gasteiger partial charge < -0.3 is 4.74 Å². The van der Waals surface area contributed by atoms with Crippen LogP contribution in [0.3, 0.4) is 0 Å². The van der Waals surface area contributed by atoms with E-state index in [-0.39, 0.29) is 10.8 Å². The molecule has 0 bridgehead atoms. The van der Waals surface area contributed by atoms with Gasteiger partial charge in [0.1, 0.15) is 0 Å². The van der Waals surface area contributed by atoms with Gasteiger partial charge in [0.2, 0.25) is 0 Å². The maximum atomic E-state index is 12.6. The molecule has 114 valence electrons. The summed E-state index contributed by atoms with van der Waals surface area (Å²) in [5.41, 5.74) is -0.318. The number of methoxy groups -OCH3 is 1. The Kier molecular flexibility index (Phi) is 3.83. The van der Waals surface area contributed by atoms with Crippen LogP contribution in [0.15, 0.2) is 29.8 Å². The average molecular weight is 343 g/mol. The quantitative estimate of drug-likeness (QED) is 0.709. The number of alkyl halides is 3. The van der Waals surface area contributed by atoms with E-state index in [1.807, 2.05) is 6.07 Å². The van der Waals surface area contributed by atoms with E-state index < -0.39 is 11.9 Å². The molecule has 0 aliphatic heterocycles. The highest BCUT2D eigenvalue weighted by molar-refractivity contribution is 7.17.